The van der Waals surface area contributed by atoms with E-state index in [1.165, 1.54) is 12.1 Å². The van der Waals surface area contributed by atoms with E-state index in [2.05, 4.69) is 20.3 Å². The first-order chi connectivity index (χ1) is 15.6. The number of aliphatic carboxylic acids is 1. The van der Waals surface area contributed by atoms with Crippen LogP contribution in [0.1, 0.15) is 31.3 Å². The minimum atomic E-state index is -4.29. The monoisotopic (exact) mass is 468 g/mol. The minimum Gasteiger partial charge on any atom is -0.481 e. The molecule has 0 saturated heterocycles. The maximum absolute atomic E-state index is 14.9. The lowest BCUT2D eigenvalue weighted by molar-refractivity contribution is -0.136. The predicted molar refractivity (Wildman–Crippen MR) is 122 cm³/mol. The lowest BCUT2D eigenvalue weighted by atomic mass is 9.94. The number of nitrogens with zero attached hydrogens (tertiary/aromatic N) is 3. The van der Waals surface area contributed by atoms with Crippen LogP contribution in [0, 0.1) is 13.8 Å². The van der Waals surface area contributed by atoms with Gasteiger partial charge < -0.3 is 10.4 Å². The average molecular weight is 469 g/mol. The summed E-state index contributed by atoms with van der Waals surface area (Å²) in [5.74, 6) is -0.895. The highest BCUT2D eigenvalue weighted by Gasteiger charge is 2.37. The zero-order valence-corrected chi connectivity index (χ0v) is 19.0. The third-order valence-corrected chi connectivity index (χ3v) is 7.08. The number of hydrogen-bond donors (Lipinski definition) is 2. The van der Waals surface area contributed by atoms with E-state index in [0.29, 0.717) is 28.7 Å². The van der Waals surface area contributed by atoms with Crippen molar-refractivity contribution in [2.45, 2.75) is 38.5 Å². The Bertz CT molecular complexity index is 1380. The number of rotatable bonds is 6. The summed E-state index contributed by atoms with van der Waals surface area (Å²) < 4.78 is 41.8. The van der Waals surface area contributed by atoms with Gasteiger partial charge in [-0.2, -0.15) is 0 Å². The second-order valence-corrected chi connectivity index (χ2v) is 9.63. The molecular weight excluding hydrogens is 447 g/mol. The summed E-state index contributed by atoms with van der Waals surface area (Å²) in [6, 6.07) is 7.60. The number of halogens is 1. The average Bonchev–Trinajstić information content (AvgIpc) is 3.02. The Hall–Kier alpha value is -3.66. The summed E-state index contributed by atoms with van der Waals surface area (Å²) in [5.41, 5.74) is 2.39. The Morgan fingerprint density at radius 2 is 1.85 bits per heavy atom. The van der Waals surface area contributed by atoms with Crippen LogP contribution in [0.25, 0.3) is 0 Å². The Morgan fingerprint density at radius 1 is 1.15 bits per heavy atom. The first kappa shape index (κ1) is 22.5. The van der Waals surface area contributed by atoms with E-state index in [9.17, 15) is 22.7 Å². The van der Waals surface area contributed by atoms with E-state index in [0.717, 1.165) is 11.8 Å². The van der Waals surface area contributed by atoms with Crippen molar-refractivity contribution in [2.24, 2.45) is 4.99 Å². The molecule has 1 aliphatic carbocycles. The SMILES string of the molecule is CC1=C(CC(=O)O)C2=C(S(=O)(=O)c3ccc(Nc4cc(C)nc(C)n4)cc3)C(F)=CCC2=N1. The van der Waals surface area contributed by atoms with Crippen molar-refractivity contribution >= 4 is 33.0 Å². The van der Waals surface area contributed by atoms with Gasteiger partial charge in [-0.05, 0) is 56.7 Å². The van der Waals surface area contributed by atoms with Crippen molar-refractivity contribution in [1.29, 1.82) is 0 Å². The number of allylic oxidation sites excluding steroid dienone is 4. The third kappa shape index (κ3) is 4.34. The molecule has 10 heteroatoms. The van der Waals surface area contributed by atoms with Crippen LogP contribution in [0.15, 0.2) is 73.9 Å². The fourth-order valence-electron chi connectivity index (χ4n) is 3.89. The second kappa shape index (κ2) is 8.36. The van der Waals surface area contributed by atoms with Crippen molar-refractivity contribution < 1.29 is 22.7 Å². The van der Waals surface area contributed by atoms with Crippen molar-refractivity contribution in [3.63, 3.8) is 0 Å². The van der Waals surface area contributed by atoms with Crippen LogP contribution in [0.3, 0.4) is 0 Å². The molecule has 0 spiro atoms. The summed E-state index contributed by atoms with van der Waals surface area (Å²) >= 11 is 0. The molecule has 2 N–H and O–H groups in total. The van der Waals surface area contributed by atoms with Gasteiger partial charge in [-0.15, -0.1) is 0 Å². The van der Waals surface area contributed by atoms with Gasteiger partial charge in [0.2, 0.25) is 9.84 Å². The molecule has 0 fully saturated rings. The molecule has 8 nitrogen and oxygen atoms in total. The molecule has 2 aliphatic rings. The summed E-state index contributed by atoms with van der Waals surface area (Å²) in [6.45, 7) is 5.20. The number of fused-ring (bicyclic) bond motifs is 1. The van der Waals surface area contributed by atoms with Gasteiger partial charge in [0.15, 0.2) is 0 Å². The molecule has 170 valence electrons. The number of anilines is 2. The molecule has 33 heavy (non-hydrogen) atoms. The molecule has 1 aromatic carbocycles. The first-order valence-corrected chi connectivity index (χ1v) is 11.6. The fraction of sp³-hybridized carbons (Fsp3) is 0.217. The highest BCUT2D eigenvalue weighted by molar-refractivity contribution is 7.95. The number of nitrogens with one attached hydrogen (secondary N) is 1. The smallest absolute Gasteiger partial charge is 0.307 e. The zero-order chi connectivity index (χ0) is 23.9. The number of carboxylic acids is 1. The van der Waals surface area contributed by atoms with Crippen molar-refractivity contribution in [2.75, 3.05) is 5.32 Å². The normalized spacial score (nSPS) is 15.9. The summed E-state index contributed by atoms with van der Waals surface area (Å²) in [5, 5.41) is 12.3. The number of benzene rings is 1. The largest absolute Gasteiger partial charge is 0.481 e. The Labute approximate surface area is 190 Å². The Balaban J connectivity index is 1.72. The van der Waals surface area contributed by atoms with E-state index in [4.69, 9.17) is 0 Å². The number of carboxylic acid groups (broad SMARTS) is 1. The van der Waals surface area contributed by atoms with E-state index in [1.807, 2.05) is 6.92 Å². The topological polar surface area (TPSA) is 122 Å². The van der Waals surface area contributed by atoms with Gasteiger partial charge in [-0.1, -0.05) is 0 Å². The van der Waals surface area contributed by atoms with E-state index in [-0.39, 0.29) is 22.5 Å². The van der Waals surface area contributed by atoms with E-state index < -0.39 is 33.0 Å². The third-order valence-electron chi connectivity index (χ3n) is 5.25. The summed E-state index contributed by atoms with van der Waals surface area (Å²) in [7, 11) is -4.29. The van der Waals surface area contributed by atoms with Crippen molar-refractivity contribution in [3.8, 4) is 0 Å². The number of hydrogen-bond acceptors (Lipinski definition) is 7. The van der Waals surface area contributed by atoms with Crippen molar-refractivity contribution in [1.82, 2.24) is 9.97 Å². The highest BCUT2D eigenvalue weighted by Crippen LogP contribution is 2.41. The Kier molecular flexibility index (Phi) is 5.71. The molecule has 0 amide bonds. The van der Waals surface area contributed by atoms with Gasteiger partial charge >= 0.3 is 5.97 Å². The number of sulfone groups is 1. The van der Waals surface area contributed by atoms with Crippen LogP contribution in [-0.4, -0.2) is 35.2 Å². The number of aromatic nitrogens is 2. The molecule has 0 atom stereocenters. The van der Waals surface area contributed by atoms with Gasteiger partial charge in [0.05, 0.1) is 17.0 Å². The molecule has 0 bridgehead atoms. The molecule has 1 aromatic heterocycles. The van der Waals surface area contributed by atoms with Crippen LogP contribution in [0.5, 0.6) is 0 Å². The summed E-state index contributed by atoms with van der Waals surface area (Å²) in [4.78, 5) is 23.5. The maximum Gasteiger partial charge on any atom is 0.307 e. The van der Waals surface area contributed by atoms with Crippen LogP contribution >= 0.6 is 0 Å². The van der Waals surface area contributed by atoms with Crippen LogP contribution in [0.4, 0.5) is 15.9 Å². The lowest BCUT2D eigenvalue weighted by Gasteiger charge is -2.18. The molecule has 2 aromatic rings. The number of aryl methyl sites for hydroxylation is 2. The van der Waals surface area contributed by atoms with E-state index in [1.54, 1.807) is 32.0 Å². The molecule has 4 rings (SSSR count). The lowest BCUT2D eigenvalue weighted by Crippen LogP contribution is -2.17. The van der Waals surface area contributed by atoms with Crippen molar-refractivity contribution in [3.05, 3.63) is 75.5 Å². The fourth-order valence-corrected chi connectivity index (χ4v) is 5.47. The van der Waals surface area contributed by atoms with Crippen LogP contribution < -0.4 is 5.32 Å². The van der Waals surface area contributed by atoms with Crippen LogP contribution in [-0.2, 0) is 14.6 Å². The standard InChI is InChI=1S/C23H21FN4O4S/c1-12-10-20(27-14(3)25-12)28-15-4-6-16(7-5-15)33(31,32)23-18(24)8-9-19-22(23)17(11-21(29)30)13(2)26-19/h4-8,10H,9,11H2,1-3H3,(H,29,30)(H,25,27,28). The molecule has 1 aliphatic heterocycles. The van der Waals surface area contributed by atoms with E-state index >= 15 is 0 Å². The number of carbonyl (C=O) groups is 1. The molecule has 0 unspecified atom stereocenters. The minimum absolute atomic E-state index is 0.0593. The summed E-state index contributed by atoms with van der Waals surface area (Å²) in [6.07, 6.45) is 0.810. The molecular formula is C23H21FN4O4S. The predicted octanol–water partition coefficient (Wildman–Crippen LogP) is 4.33. The molecule has 0 saturated carbocycles. The zero-order valence-electron chi connectivity index (χ0n) is 18.2. The van der Waals surface area contributed by atoms with Gasteiger partial charge in [0, 0.05) is 35.1 Å². The van der Waals surface area contributed by atoms with Gasteiger partial charge in [0.1, 0.15) is 22.4 Å². The molecule has 2 heterocycles. The van der Waals surface area contributed by atoms with Gasteiger partial charge in [-0.25, -0.2) is 22.8 Å². The maximum atomic E-state index is 14.9. The molecule has 0 radical (unpaired) electrons. The van der Waals surface area contributed by atoms with Crippen LogP contribution in [0.2, 0.25) is 0 Å². The quantitative estimate of drug-likeness (QED) is 0.647. The number of aliphatic imine (C=N–C) groups is 1. The highest BCUT2D eigenvalue weighted by atomic mass is 32.2. The first-order valence-electron chi connectivity index (χ1n) is 10.1. The Morgan fingerprint density at radius 3 is 2.48 bits per heavy atom. The van der Waals surface area contributed by atoms with Gasteiger partial charge in [0.25, 0.3) is 0 Å². The van der Waals surface area contributed by atoms with Gasteiger partial charge in [-0.3, -0.25) is 9.79 Å². The second-order valence-electron chi connectivity index (χ2n) is 7.75.